The van der Waals surface area contributed by atoms with Crippen molar-refractivity contribution in [2.45, 2.75) is 78.1 Å². The molecule has 0 bridgehead atoms. The smallest absolute Gasteiger partial charge is 0.0449 e. The van der Waals surface area contributed by atoms with Gasteiger partial charge in [-0.1, -0.05) is 76.6 Å². The number of aryl methyl sites for hydroxylation is 2. The zero-order chi connectivity index (χ0) is 26.2. The molecule has 5 aromatic rings. The van der Waals surface area contributed by atoms with Gasteiger partial charge in [-0.3, -0.25) is 0 Å². The molecule has 0 spiro atoms. The highest BCUT2D eigenvalue weighted by Crippen LogP contribution is 2.40. The Morgan fingerprint density at radius 1 is 0.447 bits per heavy atom. The standard InChI is InChI=1S/C34H38S4/c1-3-5-7-9-11-25-21-33(35-23-25)31-19-17-29(37-31)27-13-15-28(16-14-27)30-18-20-32(38-30)34-22-26(24-36-34)12-10-8-6-4-2/h13-24H,3-12H2,1-2H3. The quantitative estimate of drug-likeness (QED) is 0.116. The van der Waals surface area contributed by atoms with Gasteiger partial charge in [0.2, 0.25) is 0 Å². The van der Waals surface area contributed by atoms with Gasteiger partial charge in [0, 0.05) is 29.3 Å². The lowest BCUT2D eigenvalue weighted by Crippen LogP contribution is -1.81. The van der Waals surface area contributed by atoms with E-state index in [1.165, 1.54) is 116 Å². The summed E-state index contributed by atoms with van der Waals surface area (Å²) in [6.45, 7) is 4.55. The molecule has 0 radical (unpaired) electrons. The molecule has 5 rings (SSSR count). The van der Waals surface area contributed by atoms with Crippen LogP contribution in [0.3, 0.4) is 0 Å². The highest BCUT2D eigenvalue weighted by Gasteiger charge is 2.11. The van der Waals surface area contributed by atoms with E-state index in [9.17, 15) is 0 Å². The fraction of sp³-hybridized carbons (Fsp3) is 0.353. The molecule has 0 unspecified atom stereocenters. The van der Waals surface area contributed by atoms with Crippen LogP contribution >= 0.6 is 45.3 Å². The van der Waals surface area contributed by atoms with Crippen molar-refractivity contribution in [2.24, 2.45) is 0 Å². The molecule has 0 aliphatic heterocycles. The van der Waals surface area contributed by atoms with Gasteiger partial charge in [-0.05, 0) is 95.1 Å². The second-order valence-corrected chi connectivity index (χ2v) is 14.2. The van der Waals surface area contributed by atoms with Crippen LogP contribution in [0.25, 0.3) is 40.4 Å². The summed E-state index contributed by atoms with van der Waals surface area (Å²) in [6, 6.07) is 23.1. The Kier molecular flexibility index (Phi) is 10.1. The van der Waals surface area contributed by atoms with E-state index in [-0.39, 0.29) is 0 Å². The molecule has 0 N–H and O–H groups in total. The van der Waals surface area contributed by atoms with Crippen LogP contribution in [-0.4, -0.2) is 0 Å². The molecule has 4 aromatic heterocycles. The fourth-order valence-corrected chi connectivity index (χ4v) is 8.95. The maximum atomic E-state index is 2.41. The van der Waals surface area contributed by atoms with Crippen molar-refractivity contribution in [3.8, 4) is 40.4 Å². The molecule has 0 atom stereocenters. The number of rotatable bonds is 14. The van der Waals surface area contributed by atoms with E-state index >= 15 is 0 Å². The summed E-state index contributed by atoms with van der Waals surface area (Å²) < 4.78 is 0. The van der Waals surface area contributed by atoms with Crippen molar-refractivity contribution in [2.75, 3.05) is 0 Å². The minimum absolute atomic E-state index is 1.22. The predicted octanol–water partition coefficient (Wildman–Crippen LogP) is 12.8. The van der Waals surface area contributed by atoms with Gasteiger partial charge in [0.25, 0.3) is 0 Å². The first-order chi connectivity index (χ1) is 18.7. The van der Waals surface area contributed by atoms with Crippen LogP contribution in [0.4, 0.5) is 0 Å². The van der Waals surface area contributed by atoms with Crippen LogP contribution in [-0.2, 0) is 12.8 Å². The number of benzene rings is 1. The molecular weight excluding hydrogens is 537 g/mol. The molecule has 0 aliphatic rings. The lowest BCUT2D eigenvalue weighted by atomic mass is 10.1. The van der Waals surface area contributed by atoms with E-state index in [0.29, 0.717) is 0 Å². The summed E-state index contributed by atoms with van der Waals surface area (Å²) >= 11 is 7.61. The lowest BCUT2D eigenvalue weighted by molar-refractivity contribution is 0.667. The van der Waals surface area contributed by atoms with Crippen molar-refractivity contribution >= 4 is 45.3 Å². The molecule has 4 heterocycles. The Labute approximate surface area is 245 Å². The first-order valence-electron chi connectivity index (χ1n) is 14.2. The van der Waals surface area contributed by atoms with E-state index in [1.54, 1.807) is 0 Å². The largest absolute Gasteiger partial charge is 0.143 e. The summed E-state index contributed by atoms with van der Waals surface area (Å²) in [7, 11) is 0. The van der Waals surface area contributed by atoms with Gasteiger partial charge in [0.15, 0.2) is 0 Å². The van der Waals surface area contributed by atoms with Crippen LogP contribution in [0.2, 0.25) is 0 Å². The first-order valence-corrected chi connectivity index (χ1v) is 17.6. The van der Waals surface area contributed by atoms with Crippen molar-refractivity contribution in [1.29, 1.82) is 0 Å². The Morgan fingerprint density at radius 3 is 1.29 bits per heavy atom. The molecule has 0 saturated heterocycles. The number of thiophene rings is 4. The SMILES string of the molecule is CCCCCCc1csc(-c2ccc(-c3ccc(-c4ccc(-c5cc(CCCCCC)cs5)s4)cc3)s2)c1. The topological polar surface area (TPSA) is 0 Å². The summed E-state index contributed by atoms with van der Waals surface area (Å²) in [4.78, 5) is 8.29. The minimum Gasteiger partial charge on any atom is -0.143 e. The minimum atomic E-state index is 1.22. The highest BCUT2D eigenvalue weighted by molar-refractivity contribution is 7.24. The number of unbranched alkanes of at least 4 members (excludes halogenated alkanes) is 6. The van der Waals surface area contributed by atoms with Crippen molar-refractivity contribution in [1.82, 2.24) is 0 Å². The average Bonchev–Trinajstić information content (AvgIpc) is 3.75. The van der Waals surface area contributed by atoms with Crippen LogP contribution in [0.15, 0.2) is 71.4 Å². The molecule has 0 aliphatic carbocycles. The second-order valence-electron chi connectivity index (χ2n) is 10.2. The van der Waals surface area contributed by atoms with Crippen molar-refractivity contribution < 1.29 is 0 Å². The molecule has 0 nitrogen and oxygen atoms in total. The van der Waals surface area contributed by atoms with Gasteiger partial charge in [-0.25, -0.2) is 0 Å². The first kappa shape index (κ1) is 27.6. The zero-order valence-corrected chi connectivity index (χ0v) is 25.9. The summed E-state index contributed by atoms with van der Waals surface area (Å²) in [5.41, 5.74) is 5.62. The Hall–Kier alpha value is -1.98. The number of hydrogen-bond donors (Lipinski definition) is 0. The van der Waals surface area contributed by atoms with Crippen molar-refractivity contribution in [3.63, 3.8) is 0 Å². The van der Waals surface area contributed by atoms with E-state index in [4.69, 9.17) is 0 Å². The molecule has 38 heavy (non-hydrogen) atoms. The van der Waals surface area contributed by atoms with Gasteiger partial charge in [0.1, 0.15) is 0 Å². The molecule has 0 amide bonds. The van der Waals surface area contributed by atoms with Gasteiger partial charge in [-0.15, -0.1) is 45.3 Å². The Bertz CT molecular complexity index is 1280. The Balaban J connectivity index is 1.21. The third kappa shape index (κ3) is 7.15. The third-order valence-corrected chi connectivity index (χ3v) is 11.7. The average molecular weight is 575 g/mol. The van der Waals surface area contributed by atoms with Crippen molar-refractivity contribution in [3.05, 3.63) is 82.6 Å². The van der Waals surface area contributed by atoms with Gasteiger partial charge >= 0.3 is 0 Å². The van der Waals surface area contributed by atoms with Crippen LogP contribution in [0.5, 0.6) is 0 Å². The maximum absolute atomic E-state index is 2.41. The summed E-state index contributed by atoms with van der Waals surface area (Å²) in [5, 5.41) is 4.71. The predicted molar refractivity (Wildman–Crippen MR) is 175 cm³/mol. The molecule has 198 valence electrons. The highest BCUT2D eigenvalue weighted by atomic mass is 32.1. The van der Waals surface area contributed by atoms with Crippen LogP contribution in [0, 0.1) is 0 Å². The normalized spacial score (nSPS) is 11.4. The maximum Gasteiger partial charge on any atom is 0.0449 e. The second kappa shape index (κ2) is 13.9. The van der Waals surface area contributed by atoms with Crippen LogP contribution < -0.4 is 0 Å². The monoisotopic (exact) mass is 574 g/mol. The number of hydrogen-bond acceptors (Lipinski definition) is 4. The van der Waals surface area contributed by atoms with E-state index in [0.717, 1.165) is 0 Å². The Morgan fingerprint density at radius 2 is 0.868 bits per heavy atom. The molecular formula is C34H38S4. The van der Waals surface area contributed by atoms with Gasteiger partial charge in [-0.2, -0.15) is 0 Å². The fourth-order valence-electron chi connectivity index (χ4n) is 4.83. The molecule has 1 aromatic carbocycles. The van der Waals surface area contributed by atoms with Gasteiger partial charge < -0.3 is 0 Å². The van der Waals surface area contributed by atoms with E-state index in [1.807, 2.05) is 45.3 Å². The lowest BCUT2D eigenvalue weighted by Gasteiger charge is -2.01. The molecule has 0 fully saturated rings. The summed E-state index contributed by atoms with van der Waals surface area (Å²) in [5.74, 6) is 0. The van der Waals surface area contributed by atoms with Gasteiger partial charge in [0.05, 0.1) is 0 Å². The third-order valence-electron chi connectivity index (χ3n) is 7.10. The molecule has 0 saturated carbocycles. The van der Waals surface area contributed by atoms with E-state index < -0.39 is 0 Å². The molecule has 4 heteroatoms. The summed E-state index contributed by atoms with van der Waals surface area (Å²) in [6.07, 6.45) is 13.1. The van der Waals surface area contributed by atoms with Crippen LogP contribution in [0.1, 0.15) is 76.3 Å². The van der Waals surface area contributed by atoms with E-state index in [2.05, 4.69) is 85.3 Å². The zero-order valence-electron chi connectivity index (χ0n) is 22.6.